The summed E-state index contributed by atoms with van der Waals surface area (Å²) in [5.41, 5.74) is 1.03. The van der Waals surface area contributed by atoms with Crippen LogP contribution in [0.5, 0.6) is 5.75 Å². The summed E-state index contributed by atoms with van der Waals surface area (Å²) in [7, 11) is 1.49. The van der Waals surface area contributed by atoms with Gasteiger partial charge in [-0.3, -0.25) is 14.5 Å². The van der Waals surface area contributed by atoms with Gasteiger partial charge in [0.25, 0.3) is 5.91 Å². The van der Waals surface area contributed by atoms with Crippen LogP contribution in [0.15, 0.2) is 42.5 Å². The number of urea groups is 1. The van der Waals surface area contributed by atoms with E-state index < -0.39 is 29.9 Å². The summed E-state index contributed by atoms with van der Waals surface area (Å²) in [6.45, 7) is 3.00. The average Bonchev–Trinajstić information content (AvgIpc) is 2.92. The van der Waals surface area contributed by atoms with Gasteiger partial charge in [-0.05, 0) is 49.2 Å². The van der Waals surface area contributed by atoms with Crippen LogP contribution in [0.25, 0.3) is 0 Å². The van der Waals surface area contributed by atoms with Crippen molar-refractivity contribution in [1.29, 1.82) is 5.26 Å². The molecule has 1 unspecified atom stereocenters. The van der Waals surface area contributed by atoms with E-state index in [1.54, 1.807) is 43.3 Å². The lowest BCUT2D eigenvalue weighted by Crippen LogP contribution is -2.42. The summed E-state index contributed by atoms with van der Waals surface area (Å²) in [5, 5.41) is 14.2. The molecule has 8 nitrogen and oxygen atoms in total. The number of ether oxygens (including phenoxy) is 1. The van der Waals surface area contributed by atoms with E-state index in [1.807, 2.05) is 19.1 Å². The topological polar surface area (TPSA) is 112 Å². The Labute approximate surface area is 168 Å². The molecule has 2 N–H and O–H groups in total. The zero-order valence-corrected chi connectivity index (χ0v) is 16.3. The van der Waals surface area contributed by atoms with E-state index in [4.69, 9.17) is 10.00 Å². The van der Waals surface area contributed by atoms with Gasteiger partial charge in [0, 0.05) is 0 Å². The molecule has 0 aromatic heterocycles. The Balaban J connectivity index is 1.77. The zero-order chi connectivity index (χ0) is 21.2. The van der Waals surface area contributed by atoms with Gasteiger partial charge in [0.15, 0.2) is 0 Å². The highest BCUT2D eigenvalue weighted by molar-refractivity contribution is 6.10. The summed E-state index contributed by atoms with van der Waals surface area (Å²) in [5.74, 6) is -0.594. The molecule has 2 aromatic rings. The van der Waals surface area contributed by atoms with Crippen LogP contribution in [0.2, 0.25) is 0 Å². The summed E-state index contributed by atoms with van der Waals surface area (Å²) < 4.78 is 5.23. The van der Waals surface area contributed by atoms with Crippen LogP contribution in [0, 0.1) is 18.3 Å². The van der Waals surface area contributed by atoms with Crippen LogP contribution < -0.4 is 15.4 Å². The van der Waals surface area contributed by atoms with E-state index in [9.17, 15) is 14.4 Å². The molecule has 2 aromatic carbocycles. The molecule has 1 fully saturated rings. The molecular weight excluding hydrogens is 372 g/mol. The van der Waals surface area contributed by atoms with Crippen molar-refractivity contribution in [3.05, 3.63) is 59.2 Å². The van der Waals surface area contributed by atoms with Gasteiger partial charge in [-0.2, -0.15) is 5.26 Å². The van der Waals surface area contributed by atoms with E-state index in [0.29, 0.717) is 22.6 Å². The number of amides is 4. The van der Waals surface area contributed by atoms with Crippen LogP contribution in [0.4, 0.5) is 10.5 Å². The molecule has 3 rings (SSSR count). The first-order valence-corrected chi connectivity index (χ1v) is 8.87. The van der Waals surface area contributed by atoms with Crippen molar-refractivity contribution in [3.63, 3.8) is 0 Å². The molecule has 0 bridgehead atoms. The number of imide groups is 1. The number of hydrogen-bond acceptors (Lipinski definition) is 5. The number of nitrogens with one attached hydrogen (secondary N) is 2. The molecule has 1 saturated heterocycles. The molecule has 0 aliphatic carbocycles. The zero-order valence-electron chi connectivity index (χ0n) is 16.3. The minimum absolute atomic E-state index is 0.437. The number of aryl methyl sites for hydroxylation is 1. The largest absolute Gasteiger partial charge is 0.495 e. The maximum Gasteiger partial charge on any atom is 0.325 e. The third kappa shape index (κ3) is 3.75. The maximum absolute atomic E-state index is 12.9. The van der Waals surface area contributed by atoms with Crippen LogP contribution in [-0.2, 0) is 15.1 Å². The van der Waals surface area contributed by atoms with Crippen LogP contribution in [0.3, 0.4) is 0 Å². The lowest BCUT2D eigenvalue weighted by atomic mass is 9.91. The lowest BCUT2D eigenvalue weighted by molar-refractivity contribution is -0.133. The number of carbonyl (C=O) groups excluding carboxylic acids is 3. The number of carbonyl (C=O) groups is 3. The van der Waals surface area contributed by atoms with Crippen molar-refractivity contribution in [2.45, 2.75) is 19.4 Å². The number of nitrogens with zero attached hydrogens (tertiary/aromatic N) is 2. The van der Waals surface area contributed by atoms with Crippen LogP contribution >= 0.6 is 0 Å². The fourth-order valence-corrected chi connectivity index (χ4v) is 3.17. The fraction of sp³-hybridized carbons (Fsp3) is 0.238. The number of hydrogen-bond donors (Lipinski definition) is 2. The Hall–Kier alpha value is -3.86. The summed E-state index contributed by atoms with van der Waals surface area (Å²) in [6.07, 6.45) is 0. The number of benzene rings is 2. The minimum Gasteiger partial charge on any atom is -0.495 e. The summed E-state index contributed by atoms with van der Waals surface area (Å²) in [6, 6.07) is 13.0. The maximum atomic E-state index is 12.9. The summed E-state index contributed by atoms with van der Waals surface area (Å²) in [4.78, 5) is 38.7. The SMILES string of the molecule is COc1ccc(C)cc1NC(=O)CN1C(=O)NC(C)(c2ccc(C#N)cc2)C1=O. The Bertz CT molecular complexity index is 1030. The Kier molecular flexibility index (Phi) is 5.24. The number of anilines is 1. The molecule has 0 spiro atoms. The highest BCUT2D eigenvalue weighted by Gasteiger charge is 2.49. The third-order valence-corrected chi connectivity index (χ3v) is 4.80. The van der Waals surface area contributed by atoms with Gasteiger partial charge in [0.2, 0.25) is 5.91 Å². The molecule has 1 atom stereocenters. The normalized spacial score (nSPS) is 18.2. The second-order valence-electron chi connectivity index (χ2n) is 6.89. The molecule has 8 heteroatoms. The molecule has 29 heavy (non-hydrogen) atoms. The van der Waals surface area contributed by atoms with Gasteiger partial charge in [-0.25, -0.2) is 4.79 Å². The molecule has 1 heterocycles. The van der Waals surface area contributed by atoms with Gasteiger partial charge < -0.3 is 15.4 Å². The average molecular weight is 392 g/mol. The smallest absolute Gasteiger partial charge is 0.325 e. The van der Waals surface area contributed by atoms with Crippen molar-refractivity contribution in [3.8, 4) is 11.8 Å². The van der Waals surface area contributed by atoms with Gasteiger partial charge >= 0.3 is 6.03 Å². The van der Waals surface area contributed by atoms with E-state index in [1.165, 1.54) is 7.11 Å². The fourth-order valence-electron chi connectivity index (χ4n) is 3.17. The number of nitriles is 1. The first-order valence-electron chi connectivity index (χ1n) is 8.87. The molecule has 4 amide bonds. The van der Waals surface area contributed by atoms with Crippen molar-refractivity contribution in [2.75, 3.05) is 19.0 Å². The first-order chi connectivity index (χ1) is 13.8. The minimum atomic E-state index is -1.31. The molecule has 1 aliphatic rings. The van der Waals surface area contributed by atoms with E-state index in [0.717, 1.165) is 10.5 Å². The Morgan fingerprint density at radius 1 is 1.24 bits per heavy atom. The molecule has 0 radical (unpaired) electrons. The van der Waals surface area contributed by atoms with Crippen molar-refractivity contribution >= 4 is 23.5 Å². The van der Waals surface area contributed by atoms with E-state index in [2.05, 4.69) is 10.6 Å². The third-order valence-electron chi connectivity index (χ3n) is 4.80. The van der Waals surface area contributed by atoms with Crippen molar-refractivity contribution in [1.82, 2.24) is 10.2 Å². The highest BCUT2D eigenvalue weighted by atomic mass is 16.5. The van der Waals surface area contributed by atoms with Crippen molar-refractivity contribution < 1.29 is 19.1 Å². The predicted octanol–water partition coefficient (Wildman–Crippen LogP) is 2.28. The first kappa shape index (κ1) is 19.9. The standard InChI is InChI=1S/C21H20N4O4/c1-13-4-9-17(29-3)16(10-13)23-18(26)12-25-19(27)21(2,24-20(25)28)15-7-5-14(11-22)6-8-15/h4-10H,12H2,1-3H3,(H,23,26)(H,24,28). The Morgan fingerprint density at radius 3 is 2.55 bits per heavy atom. The van der Waals surface area contributed by atoms with E-state index in [-0.39, 0.29) is 0 Å². The second kappa shape index (κ2) is 7.64. The van der Waals surface area contributed by atoms with Gasteiger partial charge in [-0.1, -0.05) is 18.2 Å². The molecule has 0 saturated carbocycles. The van der Waals surface area contributed by atoms with Crippen molar-refractivity contribution in [2.24, 2.45) is 0 Å². The van der Waals surface area contributed by atoms with Crippen LogP contribution in [0.1, 0.15) is 23.6 Å². The lowest BCUT2D eigenvalue weighted by Gasteiger charge is -2.22. The highest BCUT2D eigenvalue weighted by Crippen LogP contribution is 2.29. The molecule has 1 aliphatic heterocycles. The van der Waals surface area contributed by atoms with E-state index >= 15 is 0 Å². The second-order valence-corrected chi connectivity index (χ2v) is 6.89. The van der Waals surface area contributed by atoms with Gasteiger partial charge in [0.1, 0.15) is 17.8 Å². The molecular formula is C21H20N4O4. The summed E-state index contributed by atoms with van der Waals surface area (Å²) >= 11 is 0. The van der Waals surface area contributed by atoms with Gasteiger partial charge in [-0.15, -0.1) is 0 Å². The quantitative estimate of drug-likeness (QED) is 0.758. The van der Waals surface area contributed by atoms with Crippen LogP contribution in [-0.4, -0.2) is 36.4 Å². The van der Waals surface area contributed by atoms with Gasteiger partial charge in [0.05, 0.1) is 24.4 Å². The molecule has 148 valence electrons. The predicted molar refractivity (Wildman–Crippen MR) is 105 cm³/mol. The number of methoxy groups -OCH3 is 1. The number of rotatable bonds is 5. The Morgan fingerprint density at radius 2 is 1.93 bits per heavy atom. The monoisotopic (exact) mass is 392 g/mol.